The summed E-state index contributed by atoms with van der Waals surface area (Å²) in [5.74, 6) is -1.17. The van der Waals surface area contributed by atoms with Crippen LogP contribution >= 0.6 is 0 Å². The van der Waals surface area contributed by atoms with Gasteiger partial charge in [-0.2, -0.15) is 0 Å². The third kappa shape index (κ3) is 5.21. The van der Waals surface area contributed by atoms with Crippen molar-refractivity contribution >= 4 is 34.5 Å². The molecule has 12 nitrogen and oxygen atoms in total. The van der Waals surface area contributed by atoms with Crippen molar-refractivity contribution in [2.45, 2.75) is 19.4 Å². The smallest absolute Gasteiger partial charge is 0.332 e. The van der Waals surface area contributed by atoms with Gasteiger partial charge in [0.2, 0.25) is 0 Å². The van der Waals surface area contributed by atoms with Gasteiger partial charge >= 0.3 is 11.7 Å². The van der Waals surface area contributed by atoms with Gasteiger partial charge in [0, 0.05) is 37.1 Å². The molecule has 39 heavy (non-hydrogen) atoms. The van der Waals surface area contributed by atoms with Crippen LogP contribution in [0.5, 0.6) is 0 Å². The van der Waals surface area contributed by atoms with E-state index in [9.17, 15) is 19.5 Å². The zero-order valence-corrected chi connectivity index (χ0v) is 20.9. The van der Waals surface area contributed by atoms with Crippen molar-refractivity contribution in [2.24, 2.45) is 0 Å². The number of carboxylic acids is 1. The number of aromatic amines is 1. The molecule has 1 aromatic carbocycles. The number of anilines is 2. The zero-order valence-electron chi connectivity index (χ0n) is 20.9. The van der Waals surface area contributed by atoms with Crippen LogP contribution < -0.4 is 15.9 Å². The van der Waals surface area contributed by atoms with Crippen LogP contribution in [0.15, 0.2) is 84.4 Å². The van der Waals surface area contributed by atoms with Crippen LogP contribution in [0.1, 0.15) is 22.8 Å². The van der Waals surface area contributed by atoms with E-state index >= 15 is 0 Å². The molecule has 5 rings (SSSR count). The molecule has 0 spiro atoms. The summed E-state index contributed by atoms with van der Waals surface area (Å²) in [7, 11) is 0. The number of H-pyrrole nitrogens is 1. The molecule has 5 aromatic rings. The Labute approximate surface area is 222 Å². The summed E-state index contributed by atoms with van der Waals surface area (Å²) >= 11 is 0. The standard InChI is InChI=1S/C27H24N8O4/c1-2-34(25(36)18-9-12-28-13-10-18)22-15-29-16-31-23(22)32-21(26(37)38)14-17-5-7-19(8-6-17)35-24-20(33-27(35)39)4-3-11-30-24/h3-13,15-16,21H,2,14H2,1H3,(H,33,39)(H,37,38)(H,29,31,32). The number of nitrogens with one attached hydrogen (secondary N) is 2. The van der Waals surface area contributed by atoms with Gasteiger partial charge in [-0.25, -0.2) is 29.1 Å². The summed E-state index contributed by atoms with van der Waals surface area (Å²) in [5, 5.41) is 12.9. The fraction of sp³-hybridized carbons (Fsp3) is 0.148. The van der Waals surface area contributed by atoms with Gasteiger partial charge in [-0.15, -0.1) is 0 Å². The number of aliphatic carboxylic acids is 1. The average molecular weight is 525 g/mol. The average Bonchev–Trinajstić information content (AvgIpc) is 3.30. The Hall–Kier alpha value is -5.39. The molecule has 0 saturated heterocycles. The van der Waals surface area contributed by atoms with E-state index in [1.807, 2.05) is 0 Å². The Morgan fingerprint density at radius 2 is 1.82 bits per heavy atom. The van der Waals surface area contributed by atoms with E-state index in [0.717, 1.165) is 5.56 Å². The van der Waals surface area contributed by atoms with Crippen LogP contribution in [0.4, 0.5) is 11.5 Å². The van der Waals surface area contributed by atoms with Crippen LogP contribution in [0.2, 0.25) is 0 Å². The monoisotopic (exact) mass is 524 g/mol. The summed E-state index contributed by atoms with van der Waals surface area (Å²) in [6.07, 6.45) is 7.54. The SMILES string of the molecule is CCN(C(=O)c1ccncc1)c1cncnc1NC(Cc1ccc(-n2c(=O)[nH]c3cccnc32)cc1)C(=O)O. The van der Waals surface area contributed by atoms with E-state index in [2.05, 4.69) is 30.2 Å². The molecule has 0 aliphatic carbocycles. The van der Waals surface area contributed by atoms with E-state index in [0.29, 0.717) is 34.6 Å². The number of hydrogen-bond acceptors (Lipinski definition) is 8. The predicted molar refractivity (Wildman–Crippen MR) is 144 cm³/mol. The number of fused-ring (bicyclic) bond motifs is 1. The highest BCUT2D eigenvalue weighted by molar-refractivity contribution is 6.07. The normalized spacial score (nSPS) is 11.7. The molecule has 1 amide bonds. The second kappa shape index (κ2) is 10.9. The highest BCUT2D eigenvalue weighted by Crippen LogP contribution is 2.25. The van der Waals surface area contributed by atoms with Gasteiger partial charge in [0.05, 0.1) is 17.4 Å². The highest BCUT2D eigenvalue weighted by atomic mass is 16.4. The number of carbonyl (C=O) groups is 2. The van der Waals surface area contributed by atoms with Crippen molar-refractivity contribution in [3.8, 4) is 5.69 Å². The summed E-state index contributed by atoms with van der Waals surface area (Å²) in [4.78, 5) is 58.6. The number of aromatic nitrogens is 6. The first kappa shape index (κ1) is 25.3. The Balaban J connectivity index is 1.38. The molecule has 0 aliphatic heterocycles. The molecular weight excluding hydrogens is 500 g/mol. The van der Waals surface area contributed by atoms with Gasteiger partial charge in [0.1, 0.15) is 18.1 Å². The number of benzene rings is 1. The Morgan fingerprint density at radius 3 is 2.54 bits per heavy atom. The molecule has 4 heterocycles. The van der Waals surface area contributed by atoms with Crippen molar-refractivity contribution in [1.82, 2.24) is 29.5 Å². The van der Waals surface area contributed by atoms with Crippen molar-refractivity contribution in [2.75, 3.05) is 16.8 Å². The molecular formula is C27H24N8O4. The van der Waals surface area contributed by atoms with Crippen molar-refractivity contribution in [3.63, 3.8) is 0 Å². The Bertz CT molecular complexity index is 1680. The van der Waals surface area contributed by atoms with Crippen LogP contribution in [-0.4, -0.2) is 59.1 Å². The van der Waals surface area contributed by atoms with E-state index in [1.54, 1.807) is 61.7 Å². The fourth-order valence-corrected chi connectivity index (χ4v) is 4.27. The largest absolute Gasteiger partial charge is 0.480 e. The van der Waals surface area contributed by atoms with Gasteiger partial charge in [0.25, 0.3) is 5.91 Å². The lowest BCUT2D eigenvalue weighted by atomic mass is 10.1. The van der Waals surface area contributed by atoms with Gasteiger partial charge in [-0.1, -0.05) is 12.1 Å². The van der Waals surface area contributed by atoms with E-state index in [1.165, 1.54) is 34.4 Å². The zero-order chi connectivity index (χ0) is 27.4. The Kier molecular flexibility index (Phi) is 7.08. The van der Waals surface area contributed by atoms with Crippen LogP contribution in [0.3, 0.4) is 0 Å². The minimum absolute atomic E-state index is 0.116. The number of imidazole rings is 1. The first-order valence-corrected chi connectivity index (χ1v) is 12.1. The minimum Gasteiger partial charge on any atom is -0.480 e. The van der Waals surface area contributed by atoms with Crippen LogP contribution in [0.25, 0.3) is 16.9 Å². The maximum atomic E-state index is 13.1. The molecule has 0 bridgehead atoms. The maximum Gasteiger partial charge on any atom is 0.332 e. The summed E-state index contributed by atoms with van der Waals surface area (Å²) in [6.45, 7) is 2.12. The molecule has 0 fully saturated rings. The lowest BCUT2D eigenvalue weighted by Gasteiger charge is -2.24. The molecule has 3 N–H and O–H groups in total. The Morgan fingerprint density at radius 1 is 1.05 bits per heavy atom. The number of carboxylic acid groups (broad SMARTS) is 1. The summed E-state index contributed by atoms with van der Waals surface area (Å²) in [6, 6.07) is 12.6. The van der Waals surface area contributed by atoms with E-state index < -0.39 is 12.0 Å². The number of carbonyl (C=O) groups excluding carboxylic acids is 1. The molecule has 1 unspecified atom stereocenters. The topological polar surface area (TPSA) is 159 Å². The molecule has 0 aliphatic rings. The van der Waals surface area contributed by atoms with Gasteiger partial charge in [-0.05, 0) is 48.9 Å². The van der Waals surface area contributed by atoms with Crippen LogP contribution in [-0.2, 0) is 11.2 Å². The van der Waals surface area contributed by atoms with Gasteiger partial charge in [0.15, 0.2) is 11.5 Å². The summed E-state index contributed by atoms with van der Waals surface area (Å²) < 4.78 is 1.46. The number of hydrogen-bond donors (Lipinski definition) is 3. The first-order valence-electron chi connectivity index (χ1n) is 12.1. The molecule has 196 valence electrons. The van der Waals surface area contributed by atoms with E-state index in [4.69, 9.17) is 0 Å². The maximum absolute atomic E-state index is 13.1. The second-order valence-corrected chi connectivity index (χ2v) is 8.59. The number of rotatable bonds is 9. The van der Waals surface area contributed by atoms with Crippen molar-refractivity contribution < 1.29 is 14.7 Å². The third-order valence-corrected chi connectivity index (χ3v) is 6.16. The third-order valence-electron chi connectivity index (χ3n) is 6.16. The quantitative estimate of drug-likeness (QED) is 0.263. The number of nitrogens with zero attached hydrogens (tertiary/aromatic N) is 6. The van der Waals surface area contributed by atoms with Crippen molar-refractivity contribution in [1.29, 1.82) is 0 Å². The molecule has 12 heteroatoms. The summed E-state index contributed by atoms with van der Waals surface area (Å²) in [5.41, 5.74) is 2.90. The fourth-order valence-electron chi connectivity index (χ4n) is 4.27. The lowest BCUT2D eigenvalue weighted by Crippen LogP contribution is -2.35. The van der Waals surface area contributed by atoms with E-state index in [-0.39, 0.29) is 23.8 Å². The molecule has 4 aromatic heterocycles. The van der Waals surface area contributed by atoms with Crippen molar-refractivity contribution in [3.05, 3.63) is 101 Å². The molecule has 0 radical (unpaired) electrons. The molecule has 1 atom stereocenters. The lowest BCUT2D eigenvalue weighted by molar-refractivity contribution is -0.137. The molecule has 0 saturated carbocycles. The predicted octanol–water partition coefficient (Wildman–Crippen LogP) is 2.67. The number of pyridine rings is 2. The minimum atomic E-state index is -1.09. The van der Waals surface area contributed by atoms with Gasteiger partial charge < -0.3 is 20.3 Å². The number of amides is 1. The van der Waals surface area contributed by atoms with Crippen LogP contribution in [0, 0.1) is 0 Å². The highest BCUT2D eigenvalue weighted by Gasteiger charge is 2.24. The second-order valence-electron chi connectivity index (χ2n) is 8.59. The van der Waals surface area contributed by atoms with Gasteiger partial charge in [-0.3, -0.25) is 9.78 Å². The first-order chi connectivity index (χ1) is 19.0.